The zero-order valence-electron chi connectivity index (χ0n) is 15.3. The Hall–Kier alpha value is -3.06. The molecule has 1 amide bonds. The van der Waals surface area contributed by atoms with E-state index < -0.39 is 0 Å². The standard InChI is InChI=1S/C21H19FN2O3S/c1-2-27-21(26)15-5-9-17(10-6-15)23-19(25)12-11-18-13-28-20(24-18)14-3-7-16(22)8-4-14/h3-10,13H,2,11-12H2,1H3,(H,23,25). The molecule has 0 radical (unpaired) electrons. The maximum Gasteiger partial charge on any atom is 0.338 e. The lowest BCUT2D eigenvalue weighted by Gasteiger charge is -2.06. The largest absolute Gasteiger partial charge is 0.462 e. The fourth-order valence-corrected chi connectivity index (χ4v) is 3.38. The molecule has 0 saturated carbocycles. The Morgan fingerprint density at radius 1 is 1.11 bits per heavy atom. The van der Waals surface area contributed by atoms with E-state index in [1.807, 2.05) is 5.38 Å². The summed E-state index contributed by atoms with van der Waals surface area (Å²) >= 11 is 1.46. The normalized spacial score (nSPS) is 10.5. The van der Waals surface area contributed by atoms with Crippen molar-refractivity contribution in [2.45, 2.75) is 19.8 Å². The number of rotatable bonds is 7. The van der Waals surface area contributed by atoms with Crippen LogP contribution in [0.3, 0.4) is 0 Å². The second-order valence-electron chi connectivity index (χ2n) is 6.00. The predicted molar refractivity (Wildman–Crippen MR) is 107 cm³/mol. The smallest absolute Gasteiger partial charge is 0.338 e. The molecule has 0 aliphatic heterocycles. The minimum atomic E-state index is -0.388. The van der Waals surface area contributed by atoms with Crippen molar-refractivity contribution in [3.63, 3.8) is 0 Å². The number of halogens is 1. The third-order valence-corrected chi connectivity index (χ3v) is 4.87. The minimum absolute atomic E-state index is 0.139. The van der Waals surface area contributed by atoms with Gasteiger partial charge in [0, 0.05) is 23.1 Å². The number of carbonyl (C=O) groups excluding carboxylic acids is 2. The lowest BCUT2D eigenvalue weighted by molar-refractivity contribution is -0.116. The van der Waals surface area contributed by atoms with Crippen LogP contribution in [0.1, 0.15) is 29.4 Å². The fourth-order valence-electron chi connectivity index (χ4n) is 2.52. The molecule has 7 heteroatoms. The number of ether oxygens (including phenoxy) is 1. The van der Waals surface area contributed by atoms with Gasteiger partial charge in [-0.15, -0.1) is 11.3 Å². The topological polar surface area (TPSA) is 68.3 Å². The highest BCUT2D eigenvalue weighted by molar-refractivity contribution is 7.13. The molecule has 1 heterocycles. The van der Waals surface area contributed by atoms with Gasteiger partial charge in [-0.1, -0.05) is 0 Å². The summed E-state index contributed by atoms with van der Waals surface area (Å²) in [6, 6.07) is 12.7. The van der Waals surface area contributed by atoms with E-state index in [2.05, 4.69) is 10.3 Å². The van der Waals surface area contributed by atoms with Gasteiger partial charge < -0.3 is 10.1 Å². The number of anilines is 1. The first-order chi connectivity index (χ1) is 13.5. The molecule has 0 bridgehead atoms. The summed E-state index contributed by atoms with van der Waals surface area (Å²) in [7, 11) is 0. The number of nitrogens with zero attached hydrogens (tertiary/aromatic N) is 1. The molecule has 0 aliphatic carbocycles. The van der Waals surface area contributed by atoms with E-state index in [-0.39, 0.29) is 24.1 Å². The van der Waals surface area contributed by atoms with Crippen molar-refractivity contribution >= 4 is 28.9 Å². The Morgan fingerprint density at radius 3 is 2.50 bits per heavy atom. The zero-order chi connectivity index (χ0) is 19.9. The van der Waals surface area contributed by atoms with Crippen LogP contribution >= 0.6 is 11.3 Å². The highest BCUT2D eigenvalue weighted by Gasteiger charge is 2.09. The van der Waals surface area contributed by atoms with Crippen molar-refractivity contribution in [3.05, 3.63) is 71.0 Å². The Bertz CT molecular complexity index is 953. The second kappa shape index (κ2) is 9.23. The van der Waals surface area contributed by atoms with Gasteiger partial charge in [0.05, 0.1) is 17.9 Å². The molecule has 144 valence electrons. The maximum atomic E-state index is 13.0. The van der Waals surface area contributed by atoms with Crippen LogP contribution in [0, 0.1) is 5.82 Å². The van der Waals surface area contributed by atoms with E-state index in [4.69, 9.17) is 4.74 Å². The number of aromatic nitrogens is 1. The molecule has 1 aromatic heterocycles. The van der Waals surface area contributed by atoms with Crippen molar-refractivity contribution < 1.29 is 18.7 Å². The number of thiazole rings is 1. The molecule has 0 fully saturated rings. The molecule has 0 aliphatic rings. The maximum absolute atomic E-state index is 13.0. The summed E-state index contributed by atoms with van der Waals surface area (Å²) in [5.41, 5.74) is 2.72. The van der Waals surface area contributed by atoms with Gasteiger partial charge in [-0.25, -0.2) is 14.2 Å². The Balaban J connectivity index is 1.52. The number of carbonyl (C=O) groups is 2. The third kappa shape index (κ3) is 5.23. The quantitative estimate of drug-likeness (QED) is 0.586. The Labute approximate surface area is 166 Å². The second-order valence-corrected chi connectivity index (χ2v) is 6.85. The first-order valence-corrected chi connectivity index (χ1v) is 9.70. The molecule has 0 unspecified atom stereocenters. The number of hydrogen-bond donors (Lipinski definition) is 1. The van der Waals surface area contributed by atoms with Crippen molar-refractivity contribution in [1.29, 1.82) is 0 Å². The van der Waals surface area contributed by atoms with Gasteiger partial charge in [0.1, 0.15) is 10.8 Å². The molecule has 0 atom stereocenters. The molecule has 0 spiro atoms. The van der Waals surface area contributed by atoms with E-state index in [1.54, 1.807) is 43.3 Å². The Kier molecular flexibility index (Phi) is 6.49. The van der Waals surface area contributed by atoms with Crippen molar-refractivity contribution in [2.75, 3.05) is 11.9 Å². The molecule has 5 nitrogen and oxygen atoms in total. The minimum Gasteiger partial charge on any atom is -0.462 e. The molecule has 1 N–H and O–H groups in total. The summed E-state index contributed by atoms with van der Waals surface area (Å²) in [5.74, 6) is -0.812. The number of esters is 1. The van der Waals surface area contributed by atoms with E-state index in [1.165, 1.54) is 23.5 Å². The summed E-state index contributed by atoms with van der Waals surface area (Å²) in [4.78, 5) is 28.3. The van der Waals surface area contributed by atoms with E-state index in [0.717, 1.165) is 16.3 Å². The van der Waals surface area contributed by atoms with E-state index >= 15 is 0 Å². The first kappa shape index (κ1) is 19.7. The van der Waals surface area contributed by atoms with Crippen molar-refractivity contribution in [2.24, 2.45) is 0 Å². The lowest BCUT2D eigenvalue weighted by atomic mass is 10.2. The van der Waals surface area contributed by atoms with Crippen LogP contribution in [0.4, 0.5) is 10.1 Å². The van der Waals surface area contributed by atoms with E-state index in [0.29, 0.717) is 24.3 Å². The average Bonchev–Trinajstić information content (AvgIpc) is 3.17. The van der Waals surface area contributed by atoms with Gasteiger partial charge in [-0.2, -0.15) is 0 Å². The number of benzene rings is 2. The number of nitrogens with one attached hydrogen (secondary N) is 1. The summed E-state index contributed by atoms with van der Waals surface area (Å²) in [6.45, 7) is 2.06. The van der Waals surface area contributed by atoms with Crippen LogP contribution in [-0.4, -0.2) is 23.5 Å². The molecular weight excluding hydrogens is 379 g/mol. The van der Waals surface area contributed by atoms with Crippen LogP contribution in [0.15, 0.2) is 53.9 Å². The van der Waals surface area contributed by atoms with Crippen LogP contribution in [-0.2, 0) is 16.0 Å². The highest BCUT2D eigenvalue weighted by Crippen LogP contribution is 2.24. The van der Waals surface area contributed by atoms with Crippen LogP contribution in [0.25, 0.3) is 10.6 Å². The Morgan fingerprint density at radius 2 is 1.82 bits per heavy atom. The third-order valence-electron chi connectivity index (χ3n) is 3.93. The molecule has 0 saturated heterocycles. The van der Waals surface area contributed by atoms with Crippen LogP contribution < -0.4 is 5.32 Å². The van der Waals surface area contributed by atoms with Crippen molar-refractivity contribution in [1.82, 2.24) is 4.98 Å². The summed E-state index contributed by atoms with van der Waals surface area (Å²) < 4.78 is 17.9. The van der Waals surface area contributed by atoms with Gasteiger partial charge in [0.2, 0.25) is 5.91 Å². The number of aryl methyl sites for hydroxylation is 1. The summed E-state index contributed by atoms with van der Waals surface area (Å²) in [6.07, 6.45) is 0.788. The van der Waals surface area contributed by atoms with Gasteiger partial charge in [-0.3, -0.25) is 4.79 Å². The zero-order valence-corrected chi connectivity index (χ0v) is 16.1. The molecule has 3 aromatic rings. The van der Waals surface area contributed by atoms with Crippen molar-refractivity contribution in [3.8, 4) is 10.6 Å². The summed E-state index contributed by atoms with van der Waals surface area (Å²) in [5, 5.41) is 5.50. The molecule has 2 aromatic carbocycles. The van der Waals surface area contributed by atoms with Gasteiger partial charge in [0.25, 0.3) is 0 Å². The van der Waals surface area contributed by atoms with Crippen LogP contribution in [0.2, 0.25) is 0 Å². The molecule has 3 rings (SSSR count). The molecular formula is C21H19FN2O3S. The average molecular weight is 398 g/mol. The van der Waals surface area contributed by atoms with Gasteiger partial charge in [0.15, 0.2) is 0 Å². The first-order valence-electron chi connectivity index (χ1n) is 8.82. The fraction of sp³-hybridized carbons (Fsp3) is 0.190. The molecule has 28 heavy (non-hydrogen) atoms. The SMILES string of the molecule is CCOC(=O)c1ccc(NC(=O)CCc2csc(-c3ccc(F)cc3)n2)cc1. The van der Waals surface area contributed by atoms with Gasteiger partial charge >= 0.3 is 5.97 Å². The monoisotopic (exact) mass is 398 g/mol. The number of hydrogen-bond acceptors (Lipinski definition) is 5. The lowest BCUT2D eigenvalue weighted by Crippen LogP contribution is -2.12. The predicted octanol–water partition coefficient (Wildman–Crippen LogP) is 4.70. The van der Waals surface area contributed by atoms with Gasteiger partial charge in [-0.05, 0) is 61.9 Å². The highest BCUT2D eigenvalue weighted by atomic mass is 32.1. The van der Waals surface area contributed by atoms with Crippen LogP contribution in [0.5, 0.6) is 0 Å². The van der Waals surface area contributed by atoms with E-state index in [9.17, 15) is 14.0 Å². The number of amides is 1.